The molecule has 0 saturated carbocycles. The summed E-state index contributed by atoms with van der Waals surface area (Å²) < 4.78 is 18.3. The highest BCUT2D eigenvalue weighted by Crippen LogP contribution is 2.42. The number of imidazole rings is 1. The molecule has 1 aromatic heterocycles. The standard InChI is InChI=1S/C13H12Cl2N2O4/c1-19-11-5(14)2-6-10(9(11)15)16-8-4-20-12-7(18)3-21-13(12)17(6)8/h2,7,12-13,18H,3-4H2,1H3/t7-,12-,13+/m1/s1. The molecule has 2 aliphatic heterocycles. The summed E-state index contributed by atoms with van der Waals surface area (Å²) in [6, 6.07) is 1.74. The summed E-state index contributed by atoms with van der Waals surface area (Å²) in [4.78, 5) is 4.49. The fourth-order valence-electron chi connectivity index (χ4n) is 2.93. The maximum atomic E-state index is 9.89. The summed E-state index contributed by atoms with van der Waals surface area (Å²) >= 11 is 12.5. The van der Waals surface area contributed by atoms with Crippen molar-refractivity contribution in [1.82, 2.24) is 9.55 Å². The highest BCUT2D eigenvalue weighted by atomic mass is 35.5. The predicted molar refractivity (Wildman–Crippen MR) is 75.9 cm³/mol. The number of aliphatic hydroxyl groups is 1. The average molecular weight is 331 g/mol. The number of nitrogens with zero attached hydrogens (tertiary/aromatic N) is 2. The molecule has 3 atom stereocenters. The van der Waals surface area contributed by atoms with Gasteiger partial charge in [0, 0.05) is 0 Å². The van der Waals surface area contributed by atoms with Gasteiger partial charge in [0.25, 0.3) is 0 Å². The Kier molecular flexibility index (Phi) is 3.06. The van der Waals surface area contributed by atoms with Gasteiger partial charge in [-0.1, -0.05) is 23.2 Å². The van der Waals surface area contributed by atoms with Crippen molar-refractivity contribution in [2.45, 2.75) is 25.0 Å². The van der Waals surface area contributed by atoms with Crippen molar-refractivity contribution < 1.29 is 19.3 Å². The fourth-order valence-corrected chi connectivity index (χ4v) is 3.57. The molecule has 0 aliphatic carbocycles. The zero-order valence-corrected chi connectivity index (χ0v) is 12.6. The zero-order valence-electron chi connectivity index (χ0n) is 11.0. The van der Waals surface area contributed by atoms with E-state index < -0.39 is 18.4 Å². The molecule has 0 amide bonds. The Hall–Kier alpha value is -1.05. The molecule has 1 aromatic carbocycles. The van der Waals surface area contributed by atoms with Crippen LogP contribution in [0.3, 0.4) is 0 Å². The van der Waals surface area contributed by atoms with Gasteiger partial charge in [0.1, 0.15) is 35.2 Å². The molecule has 0 unspecified atom stereocenters. The predicted octanol–water partition coefficient (Wildman–Crippen LogP) is 2.14. The molecule has 8 heteroatoms. The van der Waals surface area contributed by atoms with Gasteiger partial charge in [0.15, 0.2) is 12.0 Å². The number of benzene rings is 1. The number of methoxy groups -OCH3 is 1. The second kappa shape index (κ2) is 4.72. The van der Waals surface area contributed by atoms with Crippen molar-refractivity contribution in [3.05, 3.63) is 21.9 Å². The van der Waals surface area contributed by atoms with E-state index in [1.807, 2.05) is 4.57 Å². The maximum Gasteiger partial charge on any atom is 0.164 e. The Morgan fingerprint density at radius 1 is 1.43 bits per heavy atom. The third kappa shape index (κ3) is 1.80. The summed E-state index contributed by atoms with van der Waals surface area (Å²) in [5.41, 5.74) is 1.33. The monoisotopic (exact) mass is 330 g/mol. The Balaban J connectivity index is 1.97. The highest BCUT2D eigenvalue weighted by molar-refractivity contribution is 6.40. The summed E-state index contributed by atoms with van der Waals surface area (Å²) in [5, 5.41) is 10.7. The number of aliphatic hydroxyl groups excluding tert-OH is 1. The van der Waals surface area contributed by atoms with Crippen LogP contribution in [0.4, 0.5) is 0 Å². The van der Waals surface area contributed by atoms with Crippen LogP contribution in [-0.2, 0) is 16.1 Å². The van der Waals surface area contributed by atoms with Gasteiger partial charge in [-0.2, -0.15) is 0 Å². The Labute approximate surface area is 130 Å². The number of fused-ring (bicyclic) bond motifs is 5. The van der Waals surface area contributed by atoms with E-state index in [1.165, 1.54) is 7.11 Å². The molecular weight excluding hydrogens is 319 g/mol. The second-order valence-corrected chi connectivity index (χ2v) is 5.82. The summed E-state index contributed by atoms with van der Waals surface area (Å²) in [6.07, 6.45) is -1.48. The molecule has 2 aliphatic rings. The normalized spacial score (nSPS) is 27.7. The summed E-state index contributed by atoms with van der Waals surface area (Å²) in [7, 11) is 1.50. The minimum atomic E-state index is -0.648. The summed E-state index contributed by atoms with van der Waals surface area (Å²) in [6.45, 7) is 0.512. The van der Waals surface area contributed by atoms with Crippen LogP contribution in [0.2, 0.25) is 10.0 Å². The van der Waals surface area contributed by atoms with Crippen molar-refractivity contribution >= 4 is 34.2 Å². The highest BCUT2D eigenvalue weighted by Gasteiger charge is 2.43. The van der Waals surface area contributed by atoms with Crippen molar-refractivity contribution in [3.8, 4) is 5.75 Å². The number of aromatic nitrogens is 2. The first-order valence-corrected chi connectivity index (χ1v) is 7.21. The first-order valence-electron chi connectivity index (χ1n) is 6.46. The van der Waals surface area contributed by atoms with Gasteiger partial charge in [0.2, 0.25) is 0 Å². The van der Waals surface area contributed by atoms with E-state index in [0.717, 1.165) is 5.52 Å². The lowest BCUT2D eigenvalue weighted by molar-refractivity contribution is -0.0969. The molecule has 0 bridgehead atoms. The van der Waals surface area contributed by atoms with Gasteiger partial charge in [-0.25, -0.2) is 4.98 Å². The number of halogens is 2. The molecule has 2 aromatic rings. The third-order valence-electron chi connectivity index (χ3n) is 3.87. The maximum absolute atomic E-state index is 9.89. The topological polar surface area (TPSA) is 65.7 Å². The van der Waals surface area contributed by atoms with Crippen LogP contribution in [0, 0.1) is 0 Å². The van der Waals surface area contributed by atoms with Crippen LogP contribution < -0.4 is 4.74 Å². The second-order valence-electron chi connectivity index (χ2n) is 5.04. The molecule has 4 rings (SSSR count). The van der Waals surface area contributed by atoms with E-state index in [4.69, 9.17) is 37.4 Å². The first kappa shape index (κ1) is 13.6. The lowest BCUT2D eigenvalue weighted by atomic mass is 10.2. The number of ether oxygens (including phenoxy) is 3. The molecule has 0 spiro atoms. The van der Waals surface area contributed by atoms with Crippen LogP contribution in [0.25, 0.3) is 11.0 Å². The van der Waals surface area contributed by atoms with Crippen molar-refractivity contribution in [3.63, 3.8) is 0 Å². The van der Waals surface area contributed by atoms with Crippen LogP contribution in [0.15, 0.2) is 6.07 Å². The molecule has 21 heavy (non-hydrogen) atoms. The van der Waals surface area contributed by atoms with Crippen molar-refractivity contribution in [2.75, 3.05) is 13.7 Å². The molecule has 112 valence electrons. The number of rotatable bonds is 1. The van der Waals surface area contributed by atoms with Gasteiger partial charge in [0.05, 0.1) is 24.3 Å². The number of hydrogen-bond acceptors (Lipinski definition) is 5. The first-order chi connectivity index (χ1) is 10.1. The largest absolute Gasteiger partial charge is 0.494 e. The molecule has 1 fully saturated rings. The van der Waals surface area contributed by atoms with E-state index in [1.54, 1.807) is 6.07 Å². The van der Waals surface area contributed by atoms with Crippen LogP contribution in [0.1, 0.15) is 12.1 Å². The van der Waals surface area contributed by atoms with E-state index in [9.17, 15) is 5.11 Å². The molecule has 6 nitrogen and oxygen atoms in total. The SMILES string of the molecule is COc1c(Cl)cc2c(nc3n2[C@H]2OC[C@@H](O)[C@H]2OC3)c1Cl. The minimum absolute atomic E-state index is 0.228. The molecule has 3 heterocycles. The van der Waals surface area contributed by atoms with Gasteiger partial charge >= 0.3 is 0 Å². The Morgan fingerprint density at radius 3 is 3.00 bits per heavy atom. The smallest absolute Gasteiger partial charge is 0.164 e. The van der Waals surface area contributed by atoms with Gasteiger partial charge in [-0.3, -0.25) is 4.57 Å². The lowest BCUT2D eigenvalue weighted by Gasteiger charge is -2.28. The van der Waals surface area contributed by atoms with Crippen LogP contribution in [0.5, 0.6) is 5.75 Å². The molecule has 1 saturated heterocycles. The van der Waals surface area contributed by atoms with Gasteiger partial charge < -0.3 is 19.3 Å². The van der Waals surface area contributed by atoms with Gasteiger partial charge in [-0.15, -0.1) is 0 Å². The van der Waals surface area contributed by atoms with Crippen molar-refractivity contribution in [2.24, 2.45) is 0 Å². The van der Waals surface area contributed by atoms with Gasteiger partial charge in [-0.05, 0) is 6.07 Å². The van der Waals surface area contributed by atoms with E-state index >= 15 is 0 Å². The zero-order chi connectivity index (χ0) is 14.7. The quantitative estimate of drug-likeness (QED) is 0.867. The molecule has 0 radical (unpaired) electrons. The lowest BCUT2D eigenvalue weighted by Crippen LogP contribution is -2.36. The average Bonchev–Trinajstić information content (AvgIpc) is 3.01. The van der Waals surface area contributed by atoms with Crippen molar-refractivity contribution in [1.29, 1.82) is 0 Å². The van der Waals surface area contributed by atoms with E-state index in [-0.39, 0.29) is 13.2 Å². The Bertz CT molecular complexity index is 733. The molecule has 1 N–H and O–H groups in total. The van der Waals surface area contributed by atoms with Crippen LogP contribution >= 0.6 is 23.2 Å². The van der Waals surface area contributed by atoms with E-state index in [0.29, 0.717) is 27.1 Å². The molecular formula is C13H12Cl2N2O4. The minimum Gasteiger partial charge on any atom is -0.494 e. The fraction of sp³-hybridized carbons (Fsp3) is 0.462. The third-order valence-corrected chi connectivity index (χ3v) is 4.50. The van der Waals surface area contributed by atoms with E-state index in [2.05, 4.69) is 4.98 Å². The summed E-state index contributed by atoms with van der Waals surface area (Å²) in [5.74, 6) is 1.08. The Morgan fingerprint density at radius 2 is 2.24 bits per heavy atom. The number of hydrogen-bond donors (Lipinski definition) is 1. The van der Waals surface area contributed by atoms with Crippen LogP contribution in [-0.4, -0.2) is 40.6 Å².